The summed E-state index contributed by atoms with van der Waals surface area (Å²) in [5.41, 5.74) is 4.18. The van der Waals surface area contributed by atoms with Crippen molar-refractivity contribution in [2.75, 3.05) is 39.4 Å². The first-order valence-electron chi connectivity index (χ1n) is 12.5. The molecule has 2 aromatic rings. The van der Waals surface area contributed by atoms with Crippen LogP contribution in [0.25, 0.3) is 11.1 Å². The topological polar surface area (TPSA) is 81.1 Å². The van der Waals surface area contributed by atoms with Crippen LogP contribution in [-0.2, 0) is 22.4 Å². The lowest BCUT2D eigenvalue weighted by atomic mass is 9.96. The molecular formula is C28H36N2O4. The minimum atomic E-state index is 0.152. The number of nitrogens with zero attached hydrogens (tertiary/aromatic N) is 2. The summed E-state index contributed by atoms with van der Waals surface area (Å²) in [7, 11) is 0. The van der Waals surface area contributed by atoms with E-state index in [1.165, 1.54) is 0 Å². The highest BCUT2D eigenvalue weighted by Gasteiger charge is 2.23. The lowest BCUT2D eigenvalue weighted by Crippen LogP contribution is -2.40. The molecule has 2 aliphatic rings. The highest BCUT2D eigenvalue weighted by atomic mass is 16.3. The molecule has 4 rings (SSSR count). The van der Waals surface area contributed by atoms with Crippen molar-refractivity contribution in [2.24, 2.45) is 11.8 Å². The summed E-state index contributed by atoms with van der Waals surface area (Å²) in [6, 6.07) is 16.3. The number of aliphatic hydroxyl groups excluding tert-OH is 2. The summed E-state index contributed by atoms with van der Waals surface area (Å²) in [5.74, 6) is 0.965. The van der Waals surface area contributed by atoms with E-state index in [1.54, 1.807) is 0 Å². The number of amides is 2. The Bertz CT molecular complexity index is 862. The SMILES string of the molecule is O=C(Cc1ccc(-c2ccc(CC(=O)N3CCC(CO)CC3)cc2)cc1)N1CCC(CO)CC1. The van der Waals surface area contributed by atoms with Crippen LogP contribution < -0.4 is 0 Å². The van der Waals surface area contributed by atoms with Crippen molar-refractivity contribution in [3.63, 3.8) is 0 Å². The number of hydrogen-bond donors (Lipinski definition) is 2. The minimum Gasteiger partial charge on any atom is -0.396 e. The molecule has 0 aliphatic carbocycles. The van der Waals surface area contributed by atoms with E-state index in [9.17, 15) is 19.8 Å². The van der Waals surface area contributed by atoms with Crippen LogP contribution in [0.5, 0.6) is 0 Å². The average Bonchev–Trinajstić information content (AvgIpc) is 2.89. The monoisotopic (exact) mass is 464 g/mol. The van der Waals surface area contributed by atoms with Crippen LogP contribution in [0.4, 0.5) is 0 Å². The second-order valence-electron chi connectivity index (χ2n) is 9.76. The number of likely N-dealkylation sites (tertiary alicyclic amines) is 2. The first kappa shape index (κ1) is 24.4. The van der Waals surface area contributed by atoms with Gasteiger partial charge in [-0.15, -0.1) is 0 Å². The molecule has 0 bridgehead atoms. The van der Waals surface area contributed by atoms with Crippen LogP contribution in [0.2, 0.25) is 0 Å². The molecule has 2 heterocycles. The number of rotatable bonds is 7. The van der Waals surface area contributed by atoms with Crippen LogP contribution in [0.15, 0.2) is 48.5 Å². The summed E-state index contributed by atoms with van der Waals surface area (Å²) < 4.78 is 0. The van der Waals surface area contributed by atoms with Crippen molar-refractivity contribution in [1.29, 1.82) is 0 Å². The summed E-state index contributed by atoms with van der Waals surface area (Å²) in [6.45, 7) is 3.36. The molecule has 0 aromatic heterocycles. The fourth-order valence-electron chi connectivity index (χ4n) is 4.93. The van der Waals surface area contributed by atoms with Gasteiger partial charge in [-0.05, 0) is 59.8 Å². The normalized spacial score (nSPS) is 17.7. The smallest absolute Gasteiger partial charge is 0.226 e. The maximum Gasteiger partial charge on any atom is 0.226 e. The van der Waals surface area contributed by atoms with Gasteiger partial charge < -0.3 is 20.0 Å². The molecule has 0 saturated carbocycles. The maximum absolute atomic E-state index is 12.6. The summed E-state index contributed by atoms with van der Waals surface area (Å²) in [4.78, 5) is 29.0. The van der Waals surface area contributed by atoms with E-state index < -0.39 is 0 Å². The first-order valence-corrected chi connectivity index (χ1v) is 12.5. The maximum atomic E-state index is 12.6. The molecule has 2 aromatic carbocycles. The second kappa shape index (κ2) is 11.6. The van der Waals surface area contributed by atoms with Gasteiger partial charge in [0.05, 0.1) is 12.8 Å². The Morgan fingerprint density at radius 3 is 1.24 bits per heavy atom. The molecule has 0 spiro atoms. The van der Waals surface area contributed by atoms with E-state index in [4.69, 9.17) is 0 Å². The fourth-order valence-corrected chi connectivity index (χ4v) is 4.93. The third-order valence-corrected chi connectivity index (χ3v) is 7.40. The van der Waals surface area contributed by atoms with Gasteiger partial charge in [0.1, 0.15) is 0 Å². The number of carbonyl (C=O) groups is 2. The van der Waals surface area contributed by atoms with E-state index in [0.717, 1.165) is 74.1 Å². The first-order chi connectivity index (χ1) is 16.6. The van der Waals surface area contributed by atoms with Crippen molar-refractivity contribution >= 4 is 11.8 Å². The van der Waals surface area contributed by atoms with Crippen LogP contribution in [0.1, 0.15) is 36.8 Å². The van der Waals surface area contributed by atoms with Crippen LogP contribution in [0.3, 0.4) is 0 Å². The van der Waals surface area contributed by atoms with Crippen LogP contribution in [0, 0.1) is 11.8 Å². The van der Waals surface area contributed by atoms with Crippen molar-refractivity contribution in [1.82, 2.24) is 9.80 Å². The van der Waals surface area contributed by atoms with Gasteiger partial charge in [0.15, 0.2) is 0 Å². The van der Waals surface area contributed by atoms with E-state index in [2.05, 4.69) is 0 Å². The predicted molar refractivity (Wildman–Crippen MR) is 132 cm³/mol. The summed E-state index contributed by atoms with van der Waals surface area (Å²) in [5, 5.41) is 18.5. The fraction of sp³-hybridized carbons (Fsp3) is 0.500. The molecule has 2 fully saturated rings. The van der Waals surface area contributed by atoms with E-state index in [0.29, 0.717) is 24.7 Å². The van der Waals surface area contributed by atoms with Crippen LogP contribution in [-0.4, -0.2) is 71.2 Å². The molecule has 0 radical (unpaired) electrons. The Morgan fingerprint density at radius 1 is 0.618 bits per heavy atom. The Balaban J connectivity index is 1.28. The average molecular weight is 465 g/mol. The zero-order valence-corrected chi connectivity index (χ0v) is 19.9. The number of aliphatic hydroxyl groups is 2. The molecule has 2 amide bonds. The van der Waals surface area contributed by atoms with Crippen molar-refractivity contribution in [3.05, 3.63) is 59.7 Å². The molecule has 34 heavy (non-hydrogen) atoms. The van der Waals surface area contributed by atoms with Gasteiger partial charge in [0.2, 0.25) is 11.8 Å². The Hall–Kier alpha value is -2.70. The molecule has 2 N–H and O–H groups in total. The number of piperidine rings is 2. The summed E-state index contributed by atoms with van der Waals surface area (Å²) in [6.07, 6.45) is 4.33. The molecule has 2 saturated heterocycles. The van der Waals surface area contributed by atoms with E-state index in [-0.39, 0.29) is 25.0 Å². The zero-order chi connectivity index (χ0) is 23.9. The Kier molecular flexibility index (Phi) is 8.35. The minimum absolute atomic E-state index is 0.152. The molecule has 182 valence electrons. The van der Waals surface area contributed by atoms with E-state index in [1.807, 2.05) is 58.3 Å². The van der Waals surface area contributed by atoms with Crippen molar-refractivity contribution in [3.8, 4) is 11.1 Å². The molecular weight excluding hydrogens is 428 g/mol. The number of carbonyl (C=O) groups excluding carboxylic acids is 2. The van der Waals surface area contributed by atoms with E-state index >= 15 is 0 Å². The number of hydrogen-bond acceptors (Lipinski definition) is 4. The molecule has 0 atom stereocenters. The predicted octanol–water partition coefficient (Wildman–Crippen LogP) is 2.90. The van der Waals surface area contributed by atoms with Gasteiger partial charge in [0, 0.05) is 39.4 Å². The van der Waals surface area contributed by atoms with Gasteiger partial charge >= 0.3 is 0 Å². The Morgan fingerprint density at radius 2 is 0.941 bits per heavy atom. The lowest BCUT2D eigenvalue weighted by Gasteiger charge is -2.31. The lowest BCUT2D eigenvalue weighted by molar-refractivity contribution is -0.132. The standard InChI is InChI=1S/C28H36N2O4/c31-19-23-9-13-29(14-10-23)27(33)17-21-1-5-25(6-2-21)26-7-3-22(4-8-26)18-28(34)30-15-11-24(20-32)12-16-30/h1-8,23-24,31-32H,9-20H2. The quantitative estimate of drug-likeness (QED) is 0.660. The Labute approximate surface area is 202 Å². The third kappa shape index (κ3) is 6.24. The van der Waals surface area contributed by atoms with Gasteiger partial charge in [-0.1, -0.05) is 48.5 Å². The molecule has 6 heteroatoms. The van der Waals surface area contributed by atoms with Crippen molar-refractivity contribution < 1.29 is 19.8 Å². The molecule has 6 nitrogen and oxygen atoms in total. The van der Waals surface area contributed by atoms with Gasteiger partial charge in [0.25, 0.3) is 0 Å². The summed E-state index contributed by atoms with van der Waals surface area (Å²) >= 11 is 0. The van der Waals surface area contributed by atoms with Crippen LogP contribution >= 0.6 is 0 Å². The van der Waals surface area contributed by atoms with Gasteiger partial charge in [-0.25, -0.2) is 0 Å². The number of benzene rings is 2. The highest BCUT2D eigenvalue weighted by Crippen LogP contribution is 2.23. The molecule has 2 aliphatic heterocycles. The third-order valence-electron chi connectivity index (χ3n) is 7.40. The highest BCUT2D eigenvalue weighted by molar-refractivity contribution is 5.80. The van der Waals surface area contributed by atoms with Crippen molar-refractivity contribution in [2.45, 2.75) is 38.5 Å². The molecule has 0 unspecified atom stereocenters. The van der Waals surface area contributed by atoms with Gasteiger partial charge in [-0.3, -0.25) is 9.59 Å². The van der Waals surface area contributed by atoms with Gasteiger partial charge in [-0.2, -0.15) is 0 Å². The second-order valence-corrected chi connectivity index (χ2v) is 9.76. The largest absolute Gasteiger partial charge is 0.396 e. The zero-order valence-electron chi connectivity index (χ0n) is 19.9.